The Morgan fingerprint density at radius 3 is 2.50 bits per heavy atom. The third-order valence-electron chi connectivity index (χ3n) is 2.47. The molecule has 0 radical (unpaired) electrons. The van der Waals surface area contributed by atoms with Crippen LogP contribution in [0.2, 0.25) is 0 Å². The van der Waals surface area contributed by atoms with Gasteiger partial charge in [0.05, 0.1) is 11.4 Å². The molecule has 0 atom stereocenters. The fraction of sp³-hybridized carbons (Fsp3) is 0.0769. The highest BCUT2D eigenvalue weighted by Gasteiger charge is 2.07. The molecule has 18 heavy (non-hydrogen) atoms. The standard InChI is InChI=1S/C13H11F3N2/c14-9-3-1-2-8(4-9)7-18-12-6-10(15)5-11(16)13(12)17/h1-6,18H,7,17H2. The van der Waals surface area contributed by atoms with Gasteiger partial charge in [0, 0.05) is 12.6 Å². The molecule has 2 aromatic carbocycles. The molecule has 0 saturated heterocycles. The van der Waals surface area contributed by atoms with Gasteiger partial charge in [-0.15, -0.1) is 0 Å². The normalized spacial score (nSPS) is 10.4. The summed E-state index contributed by atoms with van der Waals surface area (Å²) < 4.78 is 39.1. The maximum Gasteiger partial charge on any atom is 0.151 e. The van der Waals surface area contributed by atoms with E-state index in [2.05, 4.69) is 5.32 Å². The summed E-state index contributed by atoms with van der Waals surface area (Å²) in [5.41, 5.74) is 6.11. The largest absolute Gasteiger partial charge is 0.395 e. The number of anilines is 2. The molecule has 0 aliphatic heterocycles. The number of hydrogen-bond acceptors (Lipinski definition) is 2. The summed E-state index contributed by atoms with van der Waals surface area (Å²) in [6, 6.07) is 7.71. The molecule has 2 nitrogen and oxygen atoms in total. The van der Waals surface area contributed by atoms with Crippen LogP contribution >= 0.6 is 0 Å². The van der Waals surface area contributed by atoms with Crippen LogP contribution in [0.5, 0.6) is 0 Å². The summed E-state index contributed by atoms with van der Waals surface area (Å²) in [5.74, 6) is -1.91. The summed E-state index contributed by atoms with van der Waals surface area (Å²) >= 11 is 0. The Labute approximate surface area is 102 Å². The molecule has 5 heteroatoms. The lowest BCUT2D eigenvalue weighted by Gasteiger charge is -2.10. The zero-order valence-electron chi connectivity index (χ0n) is 9.38. The quantitative estimate of drug-likeness (QED) is 0.822. The van der Waals surface area contributed by atoms with Crippen molar-refractivity contribution in [3.05, 3.63) is 59.4 Å². The Morgan fingerprint density at radius 1 is 1.00 bits per heavy atom. The molecule has 0 spiro atoms. The van der Waals surface area contributed by atoms with Gasteiger partial charge in [0.15, 0.2) is 5.82 Å². The third kappa shape index (κ3) is 2.74. The van der Waals surface area contributed by atoms with Crippen LogP contribution in [0.4, 0.5) is 24.5 Å². The van der Waals surface area contributed by atoms with Crippen molar-refractivity contribution in [3.63, 3.8) is 0 Å². The molecule has 0 aromatic heterocycles. The van der Waals surface area contributed by atoms with E-state index in [1.807, 2.05) is 0 Å². The molecule has 0 fully saturated rings. The van der Waals surface area contributed by atoms with E-state index in [4.69, 9.17) is 5.73 Å². The first kappa shape index (κ1) is 12.3. The first-order valence-electron chi connectivity index (χ1n) is 5.29. The van der Waals surface area contributed by atoms with E-state index >= 15 is 0 Å². The van der Waals surface area contributed by atoms with Crippen molar-refractivity contribution in [2.24, 2.45) is 0 Å². The molecule has 0 unspecified atom stereocenters. The van der Waals surface area contributed by atoms with E-state index in [0.29, 0.717) is 11.6 Å². The summed E-state index contributed by atoms with van der Waals surface area (Å²) in [6.07, 6.45) is 0. The molecule has 0 aliphatic carbocycles. The zero-order chi connectivity index (χ0) is 13.1. The predicted molar refractivity (Wildman–Crippen MR) is 64.5 cm³/mol. The van der Waals surface area contributed by atoms with Crippen LogP contribution in [0, 0.1) is 17.5 Å². The summed E-state index contributed by atoms with van der Waals surface area (Å²) in [5, 5.41) is 2.77. The smallest absolute Gasteiger partial charge is 0.151 e. The second-order valence-corrected chi connectivity index (χ2v) is 3.83. The molecule has 2 aromatic rings. The molecule has 2 rings (SSSR count). The fourth-order valence-electron chi connectivity index (χ4n) is 1.58. The molecular formula is C13H11F3N2. The van der Waals surface area contributed by atoms with Crippen LogP contribution in [0.25, 0.3) is 0 Å². The van der Waals surface area contributed by atoms with Gasteiger partial charge in [-0.05, 0) is 23.8 Å². The van der Waals surface area contributed by atoms with Crippen molar-refractivity contribution in [2.75, 3.05) is 11.1 Å². The highest BCUT2D eigenvalue weighted by Crippen LogP contribution is 2.23. The Bertz CT molecular complexity index is 570. The number of nitrogens with two attached hydrogens (primary N) is 1. The van der Waals surface area contributed by atoms with Gasteiger partial charge in [-0.1, -0.05) is 12.1 Å². The van der Waals surface area contributed by atoms with E-state index < -0.39 is 11.6 Å². The Kier molecular flexibility index (Phi) is 3.41. The summed E-state index contributed by atoms with van der Waals surface area (Å²) in [4.78, 5) is 0. The average Bonchev–Trinajstić information content (AvgIpc) is 2.32. The minimum atomic E-state index is -0.822. The number of benzene rings is 2. The van der Waals surface area contributed by atoms with Crippen LogP contribution < -0.4 is 11.1 Å². The number of nitrogen functional groups attached to an aromatic ring is 1. The highest BCUT2D eigenvalue weighted by atomic mass is 19.1. The van der Waals surface area contributed by atoms with Crippen LogP contribution in [-0.4, -0.2) is 0 Å². The monoisotopic (exact) mass is 252 g/mol. The molecule has 0 amide bonds. The van der Waals surface area contributed by atoms with Crippen LogP contribution in [-0.2, 0) is 6.54 Å². The van der Waals surface area contributed by atoms with E-state index in [-0.39, 0.29) is 23.7 Å². The van der Waals surface area contributed by atoms with Crippen molar-refractivity contribution in [1.29, 1.82) is 0 Å². The van der Waals surface area contributed by atoms with Crippen molar-refractivity contribution in [3.8, 4) is 0 Å². The van der Waals surface area contributed by atoms with Gasteiger partial charge in [-0.25, -0.2) is 13.2 Å². The van der Waals surface area contributed by atoms with Crippen molar-refractivity contribution >= 4 is 11.4 Å². The maximum atomic E-state index is 13.2. The number of hydrogen-bond donors (Lipinski definition) is 2. The summed E-state index contributed by atoms with van der Waals surface area (Å²) in [7, 11) is 0. The third-order valence-corrected chi connectivity index (χ3v) is 2.47. The lowest BCUT2D eigenvalue weighted by atomic mass is 10.2. The number of halogens is 3. The molecule has 3 N–H and O–H groups in total. The molecule has 0 heterocycles. The van der Waals surface area contributed by atoms with Crippen molar-refractivity contribution in [2.45, 2.75) is 6.54 Å². The first-order chi connectivity index (χ1) is 8.56. The molecule has 94 valence electrons. The van der Waals surface area contributed by atoms with E-state index in [9.17, 15) is 13.2 Å². The van der Waals surface area contributed by atoms with E-state index in [1.165, 1.54) is 12.1 Å². The van der Waals surface area contributed by atoms with Crippen LogP contribution in [0.15, 0.2) is 36.4 Å². The highest BCUT2D eigenvalue weighted by molar-refractivity contribution is 5.66. The van der Waals surface area contributed by atoms with Gasteiger partial charge in [0.1, 0.15) is 11.6 Å². The van der Waals surface area contributed by atoms with Gasteiger partial charge in [-0.2, -0.15) is 0 Å². The van der Waals surface area contributed by atoms with Gasteiger partial charge in [0.2, 0.25) is 0 Å². The Hall–Kier alpha value is -2.17. The zero-order valence-corrected chi connectivity index (χ0v) is 9.38. The number of nitrogens with one attached hydrogen (secondary N) is 1. The first-order valence-corrected chi connectivity index (χ1v) is 5.29. The lowest BCUT2D eigenvalue weighted by Crippen LogP contribution is -2.05. The topological polar surface area (TPSA) is 38.0 Å². The molecular weight excluding hydrogens is 241 g/mol. The van der Waals surface area contributed by atoms with E-state index in [1.54, 1.807) is 12.1 Å². The Balaban J connectivity index is 2.15. The molecule has 0 bridgehead atoms. The van der Waals surface area contributed by atoms with Crippen LogP contribution in [0.1, 0.15) is 5.56 Å². The second kappa shape index (κ2) is 5.00. The average molecular weight is 252 g/mol. The van der Waals surface area contributed by atoms with Crippen molar-refractivity contribution < 1.29 is 13.2 Å². The lowest BCUT2D eigenvalue weighted by molar-refractivity contribution is 0.587. The minimum absolute atomic E-state index is 0.150. The van der Waals surface area contributed by atoms with E-state index in [0.717, 1.165) is 6.07 Å². The van der Waals surface area contributed by atoms with Gasteiger partial charge >= 0.3 is 0 Å². The van der Waals surface area contributed by atoms with Gasteiger partial charge in [0.25, 0.3) is 0 Å². The molecule has 0 saturated carbocycles. The summed E-state index contributed by atoms with van der Waals surface area (Å²) in [6.45, 7) is 0.227. The van der Waals surface area contributed by atoms with Gasteiger partial charge in [-0.3, -0.25) is 0 Å². The predicted octanol–water partition coefficient (Wildman–Crippen LogP) is 3.30. The number of rotatable bonds is 3. The van der Waals surface area contributed by atoms with Crippen molar-refractivity contribution in [1.82, 2.24) is 0 Å². The second-order valence-electron chi connectivity index (χ2n) is 3.83. The molecule has 0 aliphatic rings. The van der Waals surface area contributed by atoms with Crippen LogP contribution in [0.3, 0.4) is 0 Å². The Morgan fingerprint density at radius 2 is 1.78 bits per heavy atom. The fourth-order valence-corrected chi connectivity index (χ4v) is 1.58. The van der Waals surface area contributed by atoms with Gasteiger partial charge < -0.3 is 11.1 Å². The SMILES string of the molecule is Nc1c(F)cc(F)cc1NCc1cccc(F)c1. The maximum absolute atomic E-state index is 13.2. The minimum Gasteiger partial charge on any atom is -0.395 e.